The maximum atomic E-state index is 12.2. The number of hydrogen-bond acceptors (Lipinski definition) is 8. The fourth-order valence-electron chi connectivity index (χ4n) is 2.35. The lowest BCUT2D eigenvalue weighted by Crippen LogP contribution is -2.43. The van der Waals surface area contributed by atoms with E-state index in [1.807, 2.05) is 26.0 Å². The van der Waals surface area contributed by atoms with E-state index in [4.69, 9.17) is 9.47 Å². The molecule has 2 rings (SSSR count). The Kier molecular flexibility index (Phi) is 7.59. The predicted octanol–water partition coefficient (Wildman–Crippen LogP) is 1.47. The van der Waals surface area contributed by atoms with Gasteiger partial charge in [0.25, 0.3) is 0 Å². The van der Waals surface area contributed by atoms with Crippen LogP contribution in [0, 0.1) is 5.92 Å². The highest BCUT2D eigenvalue weighted by molar-refractivity contribution is 7.99. The number of tetrazole rings is 1. The van der Waals surface area contributed by atoms with Gasteiger partial charge in [0.2, 0.25) is 11.1 Å². The van der Waals surface area contributed by atoms with Gasteiger partial charge in [0.05, 0.1) is 25.7 Å². The average molecular weight is 393 g/mol. The Morgan fingerprint density at radius 2 is 1.93 bits per heavy atom. The van der Waals surface area contributed by atoms with Crippen molar-refractivity contribution in [1.29, 1.82) is 0 Å². The zero-order valence-electron chi connectivity index (χ0n) is 15.7. The lowest BCUT2D eigenvalue weighted by molar-refractivity contribution is -0.145. The van der Waals surface area contributed by atoms with E-state index in [9.17, 15) is 9.59 Å². The van der Waals surface area contributed by atoms with Gasteiger partial charge < -0.3 is 14.8 Å². The van der Waals surface area contributed by atoms with Gasteiger partial charge in [-0.05, 0) is 47.0 Å². The minimum absolute atomic E-state index is 0.0715. The number of esters is 1. The molecule has 0 aliphatic heterocycles. The molecule has 0 unspecified atom stereocenters. The van der Waals surface area contributed by atoms with Crippen LogP contribution in [0.25, 0.3) is 5.69 Å². The third-order valence-electron chi connectivity index (χ3n) is 3.62. The molecule has 1 heterocycles. The molecule has 0 fully saturated rings. The van der Waals surface area contributed by atoms with Crippen molar-refractivity contribution in [2.45, 2.75) is 31.5 Å². The van der Waals surface area contributed by atoms with E-state index in [1.54, 1.807) is 19.2 Å². The van der Waals surface area contributed by atoms with Crippen LogP contribution in [0.5, 0.6) is 5.75 Å². The van der Waals surface area contributed by atoms with E-state index in [1.165, 1.54) is 23.6 Å². The average Bonchev–Trinajstić information content (AvgIpc) is 3.13. The second-order valence-electron chi connectivity index (χ2n) is 6.13. The second-order valence-corrected chi connectivity index (χ2v) is 7.08. The van der Waals surface area contributed by atoms with Crippen LogP contribution >= 0.6 is 11.8 Å². The first-order chi connectivity index (χ1) is 12.9. The summed E-state index contributed by atoms with van der Waals surface area (Å²) >= 11 is 1.18. The highest BCUT2D eigenvalue weighted by atomic mass is 32.2. The number of ether oxygens (including phenoxy) is 2. The number of rotatable bonds is 9. The van der Waals surface area contributed by atoms with Crippen molar-refractivity contribution in [2.24, 2.45) is 5.92 Å². The molecule has 0 radical (unpaired) electrons. The molecule has 1 amide bonds. The summed E-state index contributed by atoms with van der Waals surface area (Å²) in [6.45, 7) is 3.94. The fraction of sp³-hybridized carbons (Fsp3) is 0.471. The maximum absolute atomic E-state index is 12.2. The number of thioether (sulfide) groups is 1. The van der Waals surface area contributed by atoms with Crippen LogP contribution in [0.3, 0.4) is 0 Å². The maximum Gasteiger partial charge on any atom is 0.328 e. The van der Waals surface area contributed by atoms with Crippen LogP contribution < -0.4 is 10.1 Å². The summed E-state index contributed by atoms with van der Waals surface area (Å²) in [7, 11) is 2.90. The summed E-state index contributed by atoms with van der Waals surface area (Å²) in [5.74, 6) is 0.288. The standard InChI is InChI=1S/C17H23N5O4S/c1-11(2)9-14(16(24)26-4)18-15(23)10-27-17-19-20-21-22(17)12-5-7-13(25-3)8-6-12/h5-8,11,14H,9-10H2,1-4H3,(H,18,23)/t14-/m0/s1. The molecular formula is C17H23N5O4S. The molecule has 9 nitrogen and oxygen atoms in total. The molecule has 0 saturated carbocycles. The molecule has 0 saturated heterocycles. The van der Waals surface area contributed by atoms with Crippen molar-refractivity contribution >= 4 is 23.6 Å². The largest absolute Gasteiger partial charge is 0.497 e. The molecule has 2 aromatic rings. The van der Waals surface area contributed by atoms with E-state index in [2.05, 4.69) is 20.8 Å². The summed E-state index contributed by atoms with van der Waals surface area (Å²) in [5, 5.41) is 14.7. The van der Waals surface area contributed by atoms with Crippen LogP contribution in [-0.4, -0.2) is 58.1 Å². The Morgan fingerprint density at radius 1 is 1.22 bits per heavy atom. The highest BCUT2D eigenvalue weighted by Gasteiger charge is 2.23. The molecule has 0 spiro atoms. The number of aromatic nitrogens is 4. The zero-order chi connectivity index (χ0) is 19.8. The van der Waals surface area contributed by atoms with Gasteiger partial charge in [-0.3, -0.25) is 4.79 Å². The Labute approximate surface area is 161 Å². The van der Waals surface area contributed by atoms with Gasteiger partial charge in [-0.2, -0.15) is 4.68 Å². The molecule has 1 atom stereocenters. The molecule has 0 bridgehead atoms. The molecular weight excluding hydrogens is 370 g/mol. The van der Waals surface area contributed by atoms with Crippen molar-refractivity contribution in [3.8, 4) is 11.4 Å². The highest BCUT2D eigenvalue weighted by Crippen LogP contribution is 2.20. The fourth-order valence-corrected chi connectivity index (χ4v) is 3.05. The van der Waals surface area contributed by atoms with E-state index in [0.717, 1.165) is 11.4 Å². The zero-order valence-corrected chi connectivity index (χ0v) is 16.5. The van der Waals surface area contributed by atoms with Crippen molar-refractivity contribution < 1.29 is 19.1 Å². The number of nitrogens with one attached hydrogen (secondary N) is 1. The lowest BCUT2D eigenvalue weighted by Gasteiger charge is -2.18. The molecule has 1 aromatic carbocycles. The number of methoxy groups -OCH3 is 2. The summed E-state index contributed by atoms with van der Waals surface area (Å²) in [6.07, 6.45) is 0.507. The summed E-state index contributed by atoms with van der Waals surface area (Å²) in [4.78, 5) is 24.1. The van der Waals surface area contributed by atoms with E-state index in [-0.39, 0.29) is 17.6 Å². The summed E-state index contributed by atoms with van der Waals surface area (Å²) < 4.78 is 11.4. The Balaban J connectivity index is 1.99. The number of hydrogen-bond donors (Lipinski definition) is 1. The van der Waals surface area contributed by atoms with Crippen LogP contribution in [0.1, 0.15) is 20.3 Å². The smallest absolute Gasteiger partial charge is 0.328 e. The molecule has 27 heavy (non-hydrogen) atoms. The third kappa shape index (κ3) is 5.95. The quantitative estimate of drug-likeness (QED) is 0.504. The molecule has 1 aromatic heterocycles. The van der Waals surface area contributed by atoms with Crippen molar-refractivity contribution in [2.75, 3.05) is 20.0 Å². The van der Waals surface area contributed by atoms with Gasteiger partial charge in [0.15, 0.2) is 0 Å². The molecule has 10 heteroatoms. The minimum atomic E-state index is -0.666. The van der Waals surface area contributed by atoms with Gasteiger partial charge in [0, 0.05) is 0 Å². The monoisotopic (exact) mass is 393 g/mol. The molecule has 0 aliphatic rings. The van der Waals surface area contributed by atoms with Gasteiger partial charge >= 0.3 is 5.97 Å². The van der Waals surface area contributed by atoms with E-state index in [0.29, 0.717) is 11.6 Å². The molecule has 1 N–H and O–H groups in total. The lowest BCUT2D eigenvalue weighted by atomic mass is 10.0. The Hall–Kier alpha value is -2.62. The number of amides is 1. The molecule has 146 valence electrons. The summed E-state index contributed by atoms with van der Waals surface area (Å²) in [6, 6.07) is 6.56. The number of carbonyl (C=O) groups excluding carboxylic acids is 2. The van der Waals surface area contributed by atoms with E-state index < -0.39 is 12.0 Å². The number of benzene rings is 1. The normalized spacial score (nSPS) is 11.9. The van der Waals surface area contributed by atoms with Gasteiger partial charge in [-0.25, -0.2) is 4.79 Å². The van der Waals surface area contributed by atoms with Crippen LogP contribution in [0.15, 0.2) is 29.4 Å². The third-order valence-corrected chi connectivity index (χ3v) is 4.54. The van der Waals surface area contributed by atoms with Gasteiger partial charge in [-0.1, -0.05) is 25.6 Å². The first-order valence-corrected chi connectivity index (χ1v) is 9.36. The van der Waals surface area contributed by atoms with Crippen LogP contribution in [0.4, 0.5) is 0 Å². The van der Waals surface area contributed by atoms with Crippen LogP contribution in [-0.2, 0) is 14.3 Å². The Morgan fingerprint density at radius 3 is 2.52 bits per heavy atom. The molecule has 0 aliphatic carbocycles. The van der Waals surface area contributed by atoms with Gasteiger partial charge in [-0.15, -0.1) is 5.10 Å². The van der Waals surface area contributed by atoms with Crippen molar-refractivity contribution in [3.63, 3.8) is 0 Å². The van der Waals surface area contributed by atoms with Crippen LogP contribution in [0.2, 0.25) is 0 Å². The first-order valence-electron chi connectivity index (χ1n) is 8.37. The Bertz CT molecular complexity index is 763. The topological polar surface area (TPSA) is 108 Å². The minimum Gasteiger partial charge on any atom is -0.497 e. The van der Waals surface area contributed by atoms with E-state index >= 15 is 0 Å². The van der Waals surface area contributed by atoms with Gasteiger partial charge in [0.1, 0.15) is 11.8 Å². The van der Waals surface area contributed by atoms with Crippen molar-refractivity contribution in [3.05, 3.63) is 24.3 Å². The summed E-state index contributed by atoms with van der Waals surface area (Å²) in [5.41, 5.74) is 0.746. The number of carbonyl (C=O) groups is 2. The number of nitrogens with zero attached hydrogens (tertiary/aromatic N) is 4. The predicted molar refractivity (Wildman–Crippen MR) is 99.8 cm³/mol. The second kappa shape index (κ2) is 9.91. The van der Waals surface area contributed by atoms with Crippen molar-refractivity contribution in [1.82, 2.24) is 25.5 Å². The first kappa shape index (κ1) is 20.7. The SMILES string of the molecule is COC(=O)[C@H](CC(C)C)NC(=O)CSc1nnnn1-c1ccc(OC)cc1.